The summed E-state index contributed by atoms with van der Waals surface area (Å²) in [6.45, 7) is 6.52. The fourth-order valence-corrected chi connectivity index (χ4v) is 4.12. The van der Waals surface area contributed by atoms with Crippen LogP contribution in [0.3, 0.4) is 0 Å². The van der Waals surface area contributed by atoms with Gasteiger partial charge in [0.15, 0.2) is 0 Å². The molecule has 21 heavy (non-hydrogen) atoms. The molecule has 112 valence electrons. The fourth-order valence-electron chi connectivity index (χ4n) is 2.34. The van der Waals surface area contributed by atoms with Crippen LogP contribution < -0.4 is 5.32 Å². The van der Waals surface area contributed by atoms with Gasteiger partial charge in [-0.1, -0.05) is 41.9 Å². The third kappa shape index (κ3) is 3.55. The molecular formula is C17H21BrN2S. The zero-order chi connectivity index (χ0) is 15.0. The van der Waals surface area contributed by atoms with Gasteiger partial charge in [0.1, 0.15) is 5.01 Å². The summed E-state index contributed by atoms with van der Waals surface area (Å²) in [6.07, 6.45) is 2.56. The van der Waals surface area contributed by atoms with Crippen LogP contribution >= 0.6 is 27.3 Å². The van der Waals surface area contributed by atoms with E-state index in [-0.39, 0.29) is 6.04 Å². The van der Waals surface area contributed by atoms with Crippen LogP contribution in [0.25, 0.3) is 0 Å². The Labute approximate surface area is 139 Å². The maximum Gasteiger partial charge on any atom is 0.114 e. The first-order valence-electron chi connectivity index (χ1n) is 7.52. The Morgan fingerprint density at radius 1 is 1.33 bits per heavy atom. The Kier molecular flexibility index (Phi) is 4.48. The third-order valence-electron chi connectivity index (χ3n) is 3.82. The number of aromatic nitrogens is 1. The van der Waals surface area contributed by atoms with Crippen molar-refractivity contribution < 1.29 is 0 Å². The van der Waals surface area contributed by atoms with E-state index in [1.807, 2.05) is 0 Å². The van der Waals surface area contributed by atoms with E-state index in [1.54, 1.807) is 11.3 Å². The highest BCUT2D eigenvalue weighted by Crippen LogP contribution is 2.35. The number of nitrogens with one attached hydrogen (secondary N) is 1. The minimum Gasteiger partial charge on any atom is -0.301 e. The van der Waals surface area contributed by atoms with E-state index >= 15 is 0 Å². The Morgan fingerprint density at radius 2 is 2.10 bits per heavy atom. The lowest BCUT2D eigenvalue weighted by Gasteiger charge is -2.18. The topological polar surface area (TPSA) is 24.9 Å². The quantitative estimate of drug-likeness (QED) is 0.790. The van der Waals surface area contributed by atoms with Crippen molar-refractivity contribution in [3.05, 3.63) is 49.9 Å². The molecule has 2 nitrogen and oxygen atoms in total. The first-order chi connectivity index (χ1) is 10.0. The lowest BCUT2D eigenvalue weighted by Crippen LogP contribution is -2.24. The Bertz CT molecular complexity index is 631. The van der Waals surface area contributed by atoms with Crippen LogP contribution in [0.4, 0.5) is 0 Å². The largest absolute Gasteiger partial charge is 0.301 e. The summed E-state index contributed by atoms with van der Waals surface area (Å²) in [6, 6.07) is 7.43. The molecular weight excluding hydrogens is 344 g/mol. The molecule has 3 rings (SSSR count). The first kappa shape index (κ1) is 15.2. The van der Waals surface area contributed by atoms with Crippen molar-refractivity contribution >= 4 is 27.3 Å². The summed E-state index contributed by atoms with van der Waals surface area (Å²) >= 11 is 5.50. The molecule has 1 aliphatic rings. The minimum absolute atomic E-state index is 0.199. The van der Waals surface area contributed by atoms with Gasteiger partial charge < -0.3 is 5.32 Å². The molecule has 1 saturated carbocycles. The second-order valence-corrected chi connectivity index (χ2v) is 7.91. The van der Waals surface area contributed by atoms with Gasteiger partial charge in [-0.3, -0.25) is 0 Å². The minimum atomic E-state index is 0.199. The molecule has 1 N–H and O–H groups in total. The first-order valence-corrected chi connectivity index (χ1v) is 9.19. The van der Waals surface area contributed by atoms with Gasteiger partial charge in [0.25, 0.3) is 0 Å². The van der Waals surface area contributed by atoms with Crippen LogP contribution in [-0.2, 0) is 0 Å². The predicted octanol–water partition coefficient (Wildman–Crippen LogP) is 5.18. The van der Waals surface area contributed by atoms with Crippen LogP contribution in [0.5, 0.6) is 0 Å². The molecule has 0 radical (unpaired) electrons. The van der Waals surface area contributed by atoms with Gasteiger partial charge in [-0.15, -0.1) is 11.3 Å². The zero-order valence-electron chi connectivity index (χ0n) is 12.7. The van der Waals surface area contributed by atoms with E-state index in [1.165, 1.54) is 39.1 Å². The highest BCUT2D eigenvalue weighted by Gasteiger charge is 2.29. The maximum absolute atomic E-state index is 4.87. The van der Waals surface area contributed by atoms with Gasteiger partial charge in [0.05, 0.1) is 11.7 Å². The molecule has 1 aliphatic carbocycles. The third-order valence-corrected chi connectivity index (χ3v) is 5.44. The average molecular weight is 365 g/mol. The van der Waals surface area contributed by atoms with Crippen LogP contribution in [0, 0.1) is 6.92 Å². The molecule has 0 aliphatic heterocycles. The van der Waals surface area contributed by atoms with Gasteiger partial charge in [-0.2, -0.15) is 0 Å². The molecule has 0 amide bonds. The van der Waals surface area contributed by atoms with E-state index in [9.17, 15) is 0 Å². The van der Waals surface area contributed by atoms with Crippen LogP contribution in [-0.4, -0.2) is 11.0 Å². The summed E-state index contributed by atoms with van der Waals surface area (Å²) in [5, 5.41) is 7.13. The van der Waals surface area contributed by atoms with E-state index in [0.29, 0.717) is 12.0 Å². The second kappa shape index (κ2) is 6.19. The van der Waals surface area contributed by atoms with Gasteiger partial charge in [0, 0.05) is 15.9 Å². The van der Waals surface area contributed by atoms with E-state index in [0.717, 1.165) is 0 Å². The fraction of sp³-hybridized carbons (Fsp3) is 0.471. The van der Waals surface area contributed by atoms with Crippen molar-refractivity contribution in [2.75, 3.05) is 0 Å². The van der Waals surface area contributed by atoms with Crippen molar-refractivity contribution in [2.45, 2.75) is 51.6 Å². The van der Waals surface area contributed by atoms with E-state index < -0.39 is 0 Å². The summed E-state index contributed by atoms with van der Waals surface area (Å²) in [7, 11) is 0. The van der Waals surface area contributed by atoms with Crippen LogP contribution in [0.1, 0.15) is 60.5 Å². The molecule has 1 aromatic heterocycles. The number of benzene rings is 1. The van der Waals surface area contributed by atoms with Gasteiger partial charge >= 0.3 is 0 Å². The number of nitrogens with zero attached hydrogens (tertiary/aromatic N) is 1. The molecule has 1 aromatic carbocycles. The van der Waals surface area contributed by atoms with Gasteiger partial charge in [-0.25, -0.2) is 4.98 Å². The zero-order valence-corrected chi connectivity index (χ0v) is 15.1. The molecule has 1 unspecified atom stereocenters. The number of hydrogen-bond donors (Lipinski definition) is 1. The van der Waals surface area contributed by atoms with Crippen molar-refractivity contribution in [1.29, 1.82) is 0 Å². The highest BCUT2D eigenvalue weighted by atomic mass is 79.9. The SMILES string of the molecule is Cc1ccc(C(NC2CC2)c2nc(C(C)C)cs2)c(Br)c1. The standard InChI is InChI=1S/C17H21BrN2S/c1-10(2)15-9-21-17(20-15)16(19-12-5-6-12)13-7-4-11(3)8-14(13)18/h4,7-10,12,16,19H,5-6H2,1-3H3. The van der Waals surface area contributed by atoms with Crippen molar-refractivity contribution in [3.63, 3.8) is 0 Å². The summed E-state index contributed by atoms with van der Waals surface area (Å²) in [5.74, 6) is 0.484. The Balaban J connectivity index is 1.95. The molecule has 0 saturated heterocycles. The lowest BCUT2D eigenvalue weighted by molar-refractivity contribution is 0.593. The van der Waals surface area contributed by atoms with Crippen molar-refractivity contribution in [1.82, 2.24) is 10.3 Å². The molecule has 2 aromatic rings. The van der Waals surface area contributed by atoms with Crippen LogP contribution in [0.15, 0.2) is 28.1 Å². The Morgan fingerprint density at radius 3 is 2.67 bits per heavy atom. The summed E-state index contributed by atoms with van der Waals surface area (Å²) in [4.78, 5) is 4.87. The molecule has 0 spiro atoms. The smallest absolute Gasteiger partial charge is 0.114 e. The monoisotopic (exact) mass is 364 g/mol. The second-order valence-electron chi connectivity index (χ2n) is 6.16. The molecule has 0 bridgehead atoms. The maximum atomic E-state index is 4.87. The number of aryl methyl sites for hydroxylation is 1. The summed E-state index contributed by atoms with van der Waals surface area (Å²) < 4.78 is 1.17. The number of rotatable bonds is 5. The van der Waals surface area contributed by atoms with E-state index in [2.05, 4.69) is 65.6 Å². The molecule has 1 fully saturated rings. The Hall–Kier alpha value is -0.710. The summed E-state index contributed by atoms with van der Waals surface area (Å²) in [5.41, 5.74) is 3.76. The molecule has 1 atom stereocenters. The average Bonchev–Trinajstić information content (AvgIpc) is 3.11. The predicted molar refractivity (Wildman–Crippen MR) is 93.1 cm³/mol. The van der Waals surface area contributed by atoms with Crippen molar-refractivity contribution in [3.8, 4) is 0 Å². The number of halogens is 1. The molecule has 1 heterocycles. The molecule has 4 heteroatoms. The van der Waals surface area contributed by atoms with Crippen molar-refractivity contribution in [2.24, 2.45) is 0 Å². The normalized spacial score (nSPS) is 16.4. The number of thiazole rings is 1. The van der Waals surface area contributed by atoms with E-state index in [4.69, 9.17) is 4.98 Å². The number of hydrogen-bond acceptors (Lipinski definition) is 3. The van der Waals surface area contributed by atoms with Gasteiger partial charge in [0.2, 0.25) is 0 Å². The van der Waals surface area contributed by atoms with Crippen LogP contribution in [0.2, 0.25) is 0 Å². The highest BCUT2D eigenvalue weighted by molar-refractivity contribution is 9.10. The lowest BCUT2D eigenvalue weighted by atomic mass is 10.1. The van der Waals surface area contributed by atoms with Gasteiger partial charge in [-0.05, 0) is 42.9 Å².